The van der Waals surface area contributed by atoms with Crippen LogP contribution in [0.25, 0.3) is 109 Å². The molecule has 0 atom stereocenters. The Morgan fingerprint density at radius 3 is 2.00 bits per heavy atom. The first-order chi connectivity index (χ1) is 29.2. The predicted molar refractivity (Wildman–Crippen MR) is 250 cm³/mol. The van der Waals surface area contributed by atoms with Crippen LogP contribution < -0.4 is 0 Å². The summed E-state index contributed by atoms with van der Waals surface area (Å²) >= 11 is 1.83. The van der Waals surface area contributed by atoms with Gasteiger partial charge in [0.15, 0.2) is 0 Å². The highest BCUT2D eigenvalue weighted by atomic mass is 32.1. The number of rotatable bonds is 7. The first-order valence-corrected chi connectivity index (χ1v) is 21.0. The highest BCUT2D eigenvalue weighted by Crippen LogP contribution is 2.44. The van der Waals surface area contributed by atoms with Gasteiger partial charge in [0.25, 0.3) is 0 Å². The molecule has 0 bridgehead atoms. The molecule has 278 valence electrons. The lowest BCUT2D eigenvalue weighted by Crippen LogP contribution is -2.05. The maximum Gasteiger partial charge on any atom is 0.235 e. The van der Waals surface area contributed by atoms with E-state index in [0.29, 0.717) is 5.95 Å². The van der Waals surface area contributed by atoms with E-state index in [1.54, 1.807) is 0 Å². The van der Waals surface area contributed by atoms with Crippen LogP contribution in [0.3, 0.4) is 0 Å². The molecular formula is C54H36N4S. The SMILES string of the molecule is C=CCCc1cc(-c2cccc3c2sc2ccccc23)nc(-n2c3ccccc3c3ccc(-c4cc5c(c6ccccc46)c4ccccc4n5-c4ccccc4)cc32)n1. The van der Waals surface area contributed by atoms with Crippen LogP contribution in [-0.2, 0) is 6.42 Å². The van der Waals surface area contributed by atoms with Gasteiger partial charge >= 0.3 is 0 Å². The second kappa shape index (κ2) is 13.4. The third-order valence-electron chi connectivity index (χ3n) is 11.9. The fraction of sp³-hybridized carbons (Fsp3) is 0.0370. The van der Waals surface area contributed by atoms with E-state index in [4.69, 9.17) is 9.97 Å². The molecule has 4 nitrogen and oxygen atoms in total. The molecule has 4 heterocycles. The molecule has 0 aliphatic carbocycles. The summed E-state index contributed by atoms with van der Waals surface area (Å²) in [6, 6.07) is 63.8. The number of benzene rings is 8. The zero-order valence-electron chi connectivity index (χ0n) is 32.1. The van der Waals surface area contributed by atoms with Gasteiger partial charge in [-0.25, -0.2) is 9.97 Å². The Hall–Kier alpha value is -7.34. The van der Waals surface area contributed by atoms with E-state index in [1.807, 2.05) is 17.4 Å². The van der Waals surface area contributed by atoms with Gasteiger partial charge in [-0.2, -0.15) is 0 Å². The Labute approximate surface area is 344 Å². The average molecular weight is 773 g/mol. The lowest BCUT2D eigenvalue weighted by molar-refractivity contribution is 0.892. The van der Waals surface area contributed by atoms with Crippen LogP contribution in [0.5, 0.6) is 0 Å². The zero-order valence-corrected chi connectivity index (χ0v) is 33.0. The highest BCUT2D eigenvalue weighted by Gasteiger charge is 2.21. The molecule has 8 aromatic carbocycles. The molecule has 12 aromatic rings. The minimum absolute atomic E-state index is 0.674. The number of fused-ring (bicyclic) bond motifs is 11. The molecule has 0 aliphatic heterocycles. The molecule has 5 heteroatoms. The minimum Gasteiger partial charge on any atom is -0.309 e. The van der Waals surface area contributed by atoms with Gasteiger partial charge in [0.05, 0.1) is 27.8 Å². The van der Waals surface area contributed by atoms with E-state index in [2.05, 4.69) is 192 Å². The molecule has 0 fully saturated rings. The summed E-state index contributed by atoms with van der Waals surface area (Å²) in [6.45, 7) is 4.04. The van der Waals surface area contributed by atoms with Crippen molar-refractivity contribution in [3.63, 3.8) is 0 Å². The Bertz CT molecular complexity index is 3640. The molecule has 12 rings (SSSR count). The monoisotopic (exact) mass is 772 g/mol. The summed E-state index contributed by atoms with van der Waals surface area (Å²) in [6.07, 6.45) is 3.58. The first kappa shape index (κ1) is 33.8. The van der Waals surface area contributed by atoms with Crippen LogP contribution in [-0.4, -0.2) is 19.1 Å². The van der Waals surface area contributed by atoms with E-state index in [0.717, 1.165) is 52.1 Å². The van der Waals surface area contributed by atoms with Gasteiger partial charge in [0.1, 0.15) is 0 Å². The Morgan fingerprint density at radius 1 is 0.492 bits per heavy atom. The third-order valence-corrected chi connectivity index (χ3v) is 13.2. The summed E-state index contributed by atoms with van der Waals surface area (Å²) in [4.78, 5) is 10.8. The zero-order chi connectivity index (χ0) is 39.0. The van der Waals surface area contributed by atoms with Gasteiger partial charge < -0.3 is 4.57 Å². The smallest absolute Gasteiger partial charge is 0.235 e. The number of aryl methyl sites for hydroxylation is 1. The van der Waals surface area contributed by atoms with E-state index >= 15 is 0 Å². The number of allylic oxidation sites excluding steroid dienone is 1. The van der Waals surface area contributed by atoms with E-state index in [-0.39, 0.29) is 0 Å². The van der Waals surface area contributed by atoms with E-state index in [1.165, 1.54) is 69.1 Å². The lowest BCUT2D eigenvalue weighted by atomic mass is 9.94. The van der Waals surface area contributed by atoms with Crippen LogP contribution in [0.1, 0.15) is 12.1 Å². The predicted octanol–water partition coefficient (Wildman–Crippen LogP) is 14.6. The maximum atomic E-state index is 5.47. The van der Waals surface area contributed by atoms with Crippen molar-refractivity contribution < 1.29 is 0 Å². The largest absolute Gasteiger partial charge is 0.309 e. The van der Waals surface area contributed by atoms with Crippen molar-refractivity contribution in [2.75, 3.05) is 0 Å². The third kappa shape index (κ3) is 5.22. The fourth-order valence-electron chi connectivity index (χ4n) is 9.33. The second-order valence-corrected chi connectivity index (χ2v) is 16.3. The summed E-state index contributed by atoms with van der Waals surface area (Å²) in [5, 5.41) is 9.86. The van der Waals surface area contributed by atoms with Gasteiger partial charge in [-0.15, -0.1) is 17.9 Å². The standard InChI is InChI=1S/C54H36N4S/c1-2-3-16-35-32-46(43-25-15-24-42-40-21-11-14-28-51(40)59-53(42)43)56-54(55-35)58-47-26-12-9-20-38(47)39-30-29-34(31-49(39)58)45-33-50-52(41-22-8-7-19-37(41)45)44-23-10-13-27-48(44)57(50)36-17-5-4-6-18-36/h2,4-15,17-33H,1,3,16H2. The first-order valence-electron chi connectivity index (χ1n) is 20.2. The van der Waals surface area contributed by atoms with Crippen LogP contribution in [0, 0.1) is 0 Å². The molecular weight excluding hydrogens is 737 g/mol. The number of para-hydroxylation sites is 3. The normalized spacial score (nSPS) is 11.9. The summed E-state index contributed by atoms with van der Waals surface area (Å²) < 4.78 is 7.22. The molecule has 0 spiro atoms. The Morgan fingerprint density at radius 2 is 1.17 bits per heavy atom. The quantitative estimate of drug-likeness (QED) is 0.151. The van der Waals surface area contributed by atoms with Crippen LogP contribution in [0.4, 0.5) is 0 Å². The minimum atomic E-state index is 0.674. The molecule has 4 aromatic heterocycles. The number of hydrogen-bond donors (Lipinski definition) is 0. The topological polar surface area (TPSA) is 35.6 Å². The van der Waals surface area contributed by atoms with Crippen LogP contribution in [0.15, 0.2) is 189 Å². The fourth-order valence-corrected chi connectivity index (χ4v) is 10.6. The van der Waals surface area contributed by atoms with Gasteiger partial charge in [0.2, 0.25) is 5.95 Å². The highest BCUT2D eigenvalue weighted by molar-refractivity contribution is 7.26. The van der Waals surface area contributed by atoms with Crippen molar-refractivity contribution in [2.45, 2.75) is 12.8 Å². The Balaban J connectivity index is 1.13. The van der Waals surface area contributed by atoms with E-state index in [9.17, 15) is 0 Å². The number of aromatic nitrogens is 4. The number of thiophene rings is 1. The molecule has 0 aliphatic rings. The van der Waals surface area contributed by atoms with Crippen molar-refractivity contribution in [1.29, 1.82) is 0 Å². The van der Waals surface area contributed by atoms with Gasteiger partial charge in [0, 0.05) is 58.7 Å². The lowest BCUT2D eigenvalue weighted by Gasteiger charge is -2.14. The molecule has 0 N–H and O–H groups in total. The van der Waals surface area contributed by atoms with Crippen molar-refractivity contribution in [2.24, 2.45) is 0 Å². The molecule has 0 amide bonds. The van der Waals surface area contributed by atoms with Gasteiger partial charge in [-0.05, 0) is 83.3 Å². The summed E-state index contributed by atoms with van der Waals surface area (Å²) in [7, 11) is 0. The molecule has 0 radical (unpaired) electrons. The number of nitrogens with zero attached hydrogens (tertiary/aromatic N) is 4. The molecule has 0 unspecified atom stereocenters. The van der Waals surface area contributed by atoms with Crippen LogP contribution >= 0.6 is 11.3 Å². The molecule has 0 saturated carbocycles. The molecule has 59 heavy (non-hydrogen) atoms. The van der Waals surface area contributed by atoms with Crippen molar-refractivity contribution in [1.82, 2.24) is 19.1 Å². The summed E-state index contributed by atoms with van der Waals surface area (Å²) in [5.41, 5.74) is 11.1. The number of hydrogen-bond acceptors (Lipinski definition) is 3. The Kier molecular flexibility index (Phi) is 7.65. The van der Waals surface area contributed by atoms with Gasteiger partial charge in [-0.3, -0.25) is 4.57 Å². The maximum absolute atomic E-state index is 5.47. The van der Waals surface area contributed by atoms with E-state index < -0.39 is 0 Å². The van der Waals surface area contributed by atoms with Crippen LogP contribution in [0.2, 0.25) is 0 Å². The summed E-state index contributed by atoms with van der Waals surface area (Å²) in [5.74, 6) is 0.674. The van der Waals surface area contributed by atoms with Gasteiger partial charge in [-0.1, -0.05) is 133 Å². The average Bonchev–Trinajstić information content (AvgIpc) is 3.96. The molecule has 0 saturated heterocycles. The van der Waals surface area contributed by atoms with Crippen molar-refractivity contribution >= 4 is 85.9 Å². The van der Waals surface area contributed by atoms with Crippen molar-refractivity contribution in [3.05, 3.63) is 194 Å². The van der Waals surface area contributed by atoms with Crippen molar-refractivity contribution in [3.8, 4) is 34.0 Å². The second-order valence-electron chi connectivity index (χ2n) is 15.3.